The number of anilines is 1. The Kier molecular flexibility index (Phi) is 2.39. The van der Waals surface area contributed by atoms with Gasteiger partial charge in [-0.05, 0) is 32.2 Å². The second kappa shape index (κ2) is 3.77. The van der Waals surface area contributed by atoms with Crippen LogP contribution in [0.5, 0.6) is 0 Å². The van der Waals surface area contributed by atoms with Crippen LogP contribution in [0.3, 0.4) is 0 Å². The maximum Gasteiger partial charge on any atom is 0.125 e. The number of likely N-dealkylation sites (N-methyl/N-ethyl adjacent to an activating group) is 1. The molecule has 0 atom stereocenters. The second-order valence-electron chi connectivity index (χ2n) is 4.96. The zero-order valence-electron chi connectivity index (χ0n) is 9.95. The molecule has 2 heterocycles. The molecule has 4 nitrogen and oxygen atoms in total. The minimum atomic E-state index is 0.584. The Bertz CT molecular complexity index is 392. The molecule has 1 fully saturated rings. The standard InChI is InChI=1S/C12H20N4/c1-2-15-7-6-10-11(8-15)14-16(12(10)13)9-4-3-5-9/h9H,2-8,13H2,1H3. The molecule has 3 rings (SSSR count). The third kappa shape index (κ3) is 1.44. The number of nitrogen functional groups attached to an aromatic ring is 1. The Labute approximate surface area is 96.4 Å². The van der Waals surface area contributed by atoms with Crippen molar-refractivity contribution in [2.75, 3.05) is 18.8 Å². The number of nitrogens with two attached hydrogens (primary N) is 1. The third-order valence-electron chi connectivity index (χ3n) is 4.05. The number of nitrogens with zero attached hydrogens (tertiary/aromatic N) is 3. The van der Waals surface area contributed by atoms with E-state index in [4.69, 9.17) is 10.8 Å². The van der Waals surface area contributed by atoms with Crippen molar-refractivity contribution in [1.82, 2.24) is 14.7 Å². The molecule has 0 bridgehead atoms. The van der Waals surface area contributed by atoms with Gasteiger partial charge in [0.2, 0.25) is 0 Å². The van der Waals surface area contributed by atoms with Crippen molar-refractivity contribution in [3.05, 3.63) is 11.3 Å². The molecule has 1 aromatic heterocycles. The zero-order valence-corrected chi connectivity index (χ0v) is 9.95. The van der Waals surface area contributed by atoms with Crippen LogP contribution in [-0.2, 0) is 13.0 Å². The third-order valence-corrected chi connectivity index (χ3v) is 4.05. The minimum Gasteiger partial charge on any atom is -0.384 e. The molecule has 0 radical (unpaired) electrons. The maximum atomic E-state index is 6.20. The lowest BCUT2D eigenvalue weighted by Gasteiger charge is -2.26. The molecule has 2 aliphatic rings. The molecule has 0 aromatic carbocycles. The number of rotatable bonds is 2. The summed E-state index contributed by atoms with van der Waals surface area (Å²) >= 11 is 0. The van der Waals surface area contributed by atoms with Gasteiger partial charge in [-0.15, -0.1) is 0 Å². The van der Waals surface area contributed by atoms with E-state index in [9.17, 15) is 0 Å². The molecule has 1 aliphatic carbocycles. The molecule has 16 heavy (non-hydrogen) atoms. The lowest BCUT2D eigenvalue weighted by molar-refractivity contribution is 0.259. The van der Waals surface area contributed by atoms with Crippen molar-refractivity contribution in [2.24, 2.45) is 0 Å². The largest absolute Gasteiger partial charge is 0.384 e. The van der Waals surface area contributed by atoms with E-state index in [-0.39, 0.29) is 0 Å². The van der Waals surface area contributed by atoms with Crippen LogP contribution in [0.4, 0.5) is 5.82 Å². The summed E-state index contributed by atoms with van der Waals surface area (Å²) in [5.41, 5.74) is 8.74. The summed E-state index contributed by atoms with van der Waals surface area (Å²) in [4.78, 5) is 2.43. The first-order valence-corrected chi connectivity index (χ1v) is 6.37. The van der Waals surface area contributed by atoms with Crippen LogP contribution in [-0.4, -0.2) is 27.8 Å². The highest BCUT2D eigenvalue weighted by Gasteiger charge is 2.28. The maximum absolute atomic E-state index is 6.20. The molecule has 0 spiro atoms. The van der Waals surface area contributed by atoms with Gasteiger partial charge in [0, 0.05) is 18.7 Å². The predicted octanol–water partition coefficient (Wildman–Crippen LogP) is 1.57. The monoisotopic (exact) mass is 220 g/mol. The van der Waals surface area contributed by atoms with Gasteiger partial charge in [0.25, 0.3) is 0 Å². The van der Waals surface area contributed by atoms with E-state index in [1.54, 1.807) is 0 Å². The Morgan fingerprint density at radius 3 is 2.88 bits per heavy atom. The smallest absolute Gasteiger partial charge is 0.125 e. The van der Waals surface area contributed by atoms with E-state index in [1.807, 2.05) is 0 Å². The van der Waals surface area contributed by atoms with Crippen LogP contribution >= 0.6 is 0 Å². The lowest BCUT2D eigenvalue weighted by atomic mass is 9.93. The fourth-order valence-corrected chi connectivity index (χ4v) is 2.67. The summed E-state index contributed by atoms with van der Waals surface area (Å²) in [6, 6.07) is 0.584. The van der Waals surface area contributed by atoms with Crippen molar-refractivity contribution in [3.63, 3.8) is 0 Å². The van der Waals surface area contributed by atoms with Gasteiger partial charge in [-0.2, -0.15) is 5.10 Å². The van der Waals surface area contributed by atoms with E-state index in [2.05, 4.69) is 16.5 Å². The molecule has 2 N–H and O–H groups in total. The number of hydrogen-bond donors (Lipinski definition) is 1. The highest BCUT2D eigenvalue weighted by atomic mass is 15.3. The molecule has 1 saturated carbocycles. The average Bonchev–Trinajstić information content (AvgIpc) is 2.54. The van der Waals surface area contributed by atoms with Gasteiger partial charge in [0.15, 0.2) is 0 Å². The average molecular weight is 220 g/mol. The van der Waals surface area contributed by atoms with E-state index >= 15 is 0 Å². The SMILES string of the molecule is CCN1CCc2c(nn(C3CCC3)c2N)C1. The summed E-state index contributed by atoms with van der Waals surface area (Å²) in [5, 5.41) is 4.72. The van der Waals surface area contributed by atoms with Crippen LogP contribution in [0, 0.1) is 0 Å². The summed E-state index contributed by atoms with van der Waals surface area (Å²) < 4.78 is 2.09. The lowest BCUT2D eigenvalue weighted by Crippen LogP contribution is -2.30. The van der Waals surface area contributed by atoms with E-state index in [0.717, 1.165) is 31.9 Å². The van der Waals surface area contributed by atoms with Gasteiger partial charge < -0.3 is 5.73 Å². The number of aromatic nitrogens is 2. The van der Waals surface area contributed by atoms with E-state index < -0.39 is 0 Å². The van der Waals surface area contributed by atoms with Gasteiger partial charge in [0.1, 0.15) is 5.82 Å². The Morgan fingerprint density at radius 2 is 2.25 bits per heavy atom. The van der Waals surface area contributed by atoms with E-state index in [0.29, 0.717) is 6.04 Å². The zero-order chi connectivity index (χ0) is 11.1. The molecule has 0 saturated heterocycles. The van der Waals surface area contributed by atoms with Gasteiger partial charge >= 0.3 is 0 Å². The fourth-order valence-electron chi connectivity index (χ4n) is 2.67. The van der Waals surface area contributed by atoms with Crippen molar-refractivity contribution in [3.8, 4) is 0 Å². The van der Waals surface area contributed by atoms with Crippen LogP contribution in [0.1, 0.15) is 43.5 Å². The minimum absolute atomic E-state index is 0.584. The first-order chi connectivity index (χ1) is 7.79. The van der Waals surface area contributed by atoms with Crippen molar-refractivity contribution >= 4 is 5.82 Å². The number of fused-ring (bicyclic) bond motifs is 1. The van der Waals surface area contributed by atoms with Crippen molar-refractivity contribution < 1.29 is 0 Å². The second-order valence-corrected chi connectivity index (χ2v) is 4.96. The van der Waals surface area contributed by atoms with Crippen LogP contribution in [0.2, 0.25) is 0 Å². The molecule has 1 aliphatic heterocycles. The first kappa shape index (κ1) is 10.1. The van der Waals surface area contributed by atoms with Crippen LogP contribution in [0.25, 0.3) is 0 Å². The van der Waals surface area contributed by atoms with Crippen LogP contribution < -0.4 is 5.73 Å². The van der Waals surface area contributed by atoms with Crippen molar-refractivity contribution in [1.29, 1.82) is 0 Å². The molecule has 4 heteroatoms. The summed E-state index contributed by atoms with van der Waals surface area (Å²) in [6.07, 6.45) is 4.90. The summed E-state index contributed by atoms with van der Waals surface area (Å²) in [5.74, 6) is 0.940. The molecule has 1 aromatic rings. The summed E-state index contributed by atoms with van der Waals surface area (Å²) in [7, 11) is 0. The Hall–Kier alpha value is -1.03. The van der Waals surface area contributed by atoms with Gasteiger partial charge in [-0.25, -0.2) is 4.68 Å². The Morgan fingerprint density at radius 1 is 1.44 bits per heavy atom. The topological polar surface area (TPSA) is 47.1 Å². The molecular weight excluding hydrogens is 200 g/mol. The normalized spacial score (nSPS) is 21.8. The van der Waals surface area contributed by atoms with Gasteiger partial charge in [-0.3, -0.25) is 4.90 Å². The van der Waals surface area contributed by atoms with Crippen molar-refractivity contribution in [2.45, 2.75) is 45.2 Å². The van der Waals surface area contributed by atoms with Gasteiger partial charge in [-0.1, -0.05) is 6.92 Å². The van der Waals surface area contributed by atoms with Crippen LogP contribution in [0.15, 0.2) is 0 Å². The fraction of sp³-hybridized carbons (Fsp3) is 0.750. The quantitative estimate of drug-likeness (QED) is 0.823. The molecule has 0 amide bonds. The predicted molar refractivity (Wildman–Crippen MR) is 64.2 cm³/mol. The molecule has 88 valence electrons. The van der Waals surface area contributed by atoms with Gasteiger partial charge in [0.05, 0.1) is 11.7 Å². The first-order valence-electron chi connectivity index (χ1n) is 6.37. The highest BCUT2D eigenvalue weighted by Crippen LogP contribution is 2.35. The molecule has 0 unspecified atom stereocenters. The molecular formula is C12H20N4. The highest BCUT2D eigenvalue weighted by molar-refractivity contribution is 5.45. The number of hydrogen-bond acceptors (Lipinski definition) is 3. The summed E-state index contributed by atoms with van der Waals surface area (Å²) in [6.45, 7) is 5.42. The Balaban J connectivity index is 1.90. The van der Waals surface area contributed by atoms with E-state index in [1.165, 1.54) is 30.5 Å².